The van der Waals surface area contributed by atoms with E-state index in [1.165, 1.54) is 64.2 Å². The van der Waals surface area contributed by atoms with Gasteiger partial charge in [0.05, 0.1) is 12.7 Å². The minimum absolute atomic E-state index is 0.0697. The maximum atomic E-state index is 9.94. The van der Waals surface area contributed by atoms with Gasteiger partial charge in [-0.25, -0.2) is 0 Å². The zero-order valence-electron chi connectivity index (χ0n) is 14.0. The van der Waals surface area contributed by atoms with Crippen LogP contribution in [0.15, 0.2) is 0 Å². The minimum atomic E-state index is -0.0697. The Morgan fingerprint density at radius 2 is 1.29 bits per heavy atom. The predicted octanol–water partition coefficient (Wildman–Crippen LogP) is 5.00. The third kappa shape index (κ3) is 17.4. The molecule has 0 aliphatic carbocycles. The lowest BCUT2D eigenvalue weighted by atomic mass is 10.0. The molecule has 0 radical (unpaired) electrons. The van der Waals surface area contributed by atoms with E-state index in [-0.39, 0.29) is 6.10 Å². The van der Waals surface area contributed by atoms with E-state index in [9.17, 15) is 9.90 Å². The fourth-order valence-electron chi connectivity index (χ4n) is 2.63. The van der Waals surface area contributed by atoms with Crippen molar-refractivity contribution in [1.82, 2.24) is 0 Å². The molecule has 0 aliphatic heterocycles. The Bertz CT molecular complexity index is 207. The van der Waals surface area contributed by atoms with Gasteiger partial charge in [-0.15, -0.1) is 0 Å². The molecule has 21 heavy (non-hydrogen) atoms. The number of rotatable bonds is 17. The minimum Gasteiger partial charge on any atom is -0.468 e. The highest BCUT2D eigenvalue weighted by molar-refractivity contribution is 5.36. The molecule has 0 fully saturated rings. The Balaban J connectivity index is 3.08. The van der Waals surface area contributed by atoms with Gasteiger partial charge in [0.15, 0.2) is 0 Å². The van der Waals surface area contributed by atoms with Crippen molar-refractivity contribution in [2.45, 2.75) is 103 Å². The first-order valence-corrected chi connectivity index (χ1v) is 9.04. The Morgan fingerprint density at radius 1 is 0.810 bits per heavy atom. The first-order chi connectivity index (χ1) is 10.3. The van der Waals surface area contributed by atoms with Crippen molar-refractivity contribution in [3.05, 3.63) is 0 Å². The van der Waals surface area contributed by atoms with Gasteiger partial charge in [-0.3, -0.25) is 4.79 Å². The van der Waals surface area contributed by atoms with Crippen molar-refractivity contribution in [1.29, 1.82) is 0 Å². The molecule has 0 aromatic heterocycles. The molecule has 1 atom stereocenters. The number of ether oxygens (including phenoxy) is 1. The molecule has 1 N–H and O–H groups in total. The normalized spacial score (nSPS) is 12.3. The van der Waals surface area contributed by atoms with Gasteiger partial charge in [-0.2, -0.15) is 0 Å². The van der Waals surface area contributed by atoms with E-state index < -0.39 is 0 Å². The SMILES string of the molecule is CCCCCCC(O)CCCCCCCCCCOC=O. The van der Waals surface area contributed by atoms with Crippen LogP contribution in [0.1, 0.15) is 96.8 Å². The van der Waals surface area contributed by atoms with Crippen molar-refractivity contribution in [2.24, 2.45) is 0 Å². The Morgan fingerprint density at radius 3 is 1.81 bits per heavy atom. The summed E-state index contributed by atoms with van der Waals surface area (Å²) in [5.41, 5.74) is 0. The van der Waals surface area contributed by atoms with Crippen LogP contribution in [-0.4, -0.2) is 24.3 Å². The number of carbonyl (C=O) groups is 1. The fourth-order valence-corrected chi connectivity index (χ4v) is 2.63. The van der Waals surface area contributed by atoms with Crippen molar-refractivity contribution in [2.75, 3.05) is 6.61 Å². The van der Waals surface area contributed by atoms with Gasteiger partial charge < -0.3 is 9.84 Å². The summed E-state index contributed by atoms with van der Waals surface area (Å²) in [6.07, 6.45) is 16.6. The van der Waals surface area contributed by atoms with Crippen LogP contribution in [0.3, 0.4) is 0 Å². The molecular formula is C18H36O3. The molecule has 0 saturated heterocycles. The number of hydrogen-bond acceptors (Lipinski definition) is 3. The highest BCUT2D eigenvalue weighted by Gasteiger charge is 2.03. The molecule has 0 heterocycles. The molecule has 0 saturated carbocycles. The maximum absolute atomic E-state index is 9.94. The third-order valence-electron chi connectivity index (χ3n) is 4.01. The van der Waals surface area contributed by atoms with Crippen LogP contribution in [0, 0.1) is 0 Å². The first kappa shape index (κ1) is 20.4. The Labute approximate surface area is 131 Å². The molecule has 3 heteroatoms. The molecule has 0 aromatic carbocycles. The van der Waals surface area contributed by atoms with Crippen LogP contribution in [0.5, 0.6) is 0 Å². The highest BCUT2D eigenvalue weighted by atomic mass is 16.5. The molecule has 0 bridgehead atoms. The zero-order chi connectivity index (χ0) is 15.6. The lowest BCUT2D eigenvalue weighted by Gasteiger charge is -2.10. The van der Waals surface area contributed by atoms with Crippen molar-refractivity contribution < 1.29 is 14.6 Å². The van der Waals surface area contributed by atoms with Crippen molar-refractivity contribution in [3.8, 4) is 0 Å². The van der Waals surface area contributed by atoms with E-state index in [1.54, 1.807) is 0 Å². The van der Waals surface area contributed by atoms with Crippen LogP contribution in [-0.2, 0) is 9.53 Å². The Hall–Kier alpha value is -0.570. The summed E-state index contributed by atoms with van der Waals surface area (Å²) in [6.45, 7) is 3.31. The smallest absolute Gasteiger partial charge is 0.293 e. The number of aliphatic hydroxyl groups excluding tert-OH is 1. The van der Waals surface area contributed by atoms with E-state index in [4.69, 9.17) is 0 Å². The topological polar surface area (TPSA) is 46.5 Å². The monoisotopic (exact) mass is 300 g/mol. The molecule has 126 valence electrons. The van der Waals surface area contributed by atoms with Gasteiger partial charge in [-0.05, 0) is 19.3 Å². The average molecular weight is 300 g/mol. The second-order valence-corrected chi connectivity index (χ2v) is 6.09. The fraction of sp³-hybridized carbons (Fsp3) is 0.944. The van der Waals surface area contributed by atoms with Gasteiger partial charge in [0, 0.05) is 0 Å². The van der Waals surface area contributed by atoms with Crippen LogP contribution in [0.2, 0.25) is 0 Å². The molecule has 1 unspecified atom stereocenters. The van der Waals surface area contributed by atoms with Gasteiger partial charge in [-0.1, -0.05) is 77.6 Å². The molecule has 0 aliphatic rings. The standard InChI is InChI=1S/C18H36O3/c1-2-3-4-11-14-18(20)15-12-9-7-5-6-8-10-13-16-21-17-19/h17-18,20H,2-16H2,1H3. The molecular weight excluding hydrogens is 264 g/mol. The second-order valence-electron chi connectivity index (χ2n) is 6.09. The second kappa shape index (κ2) is 17.5. The van der Waals surface area contributed by atoms with Gasteiger partial charge in [0.1, 0.15) is 0 Å². The number of carbonyl (C=O) groups excluding carboxylic acids is 1. The summed E-state index contributed by atoms with van der Waals surface area (Å²) in [7, 11) is 0. The summed E-state index contributed by atoms with van der Waals surface area (Å²) < 4.78 is 4.65. The summed E-state index contributed by atoms with van der Waals surface area (Å²) >= 11 is 0. The van der Waals surface area contributed by atoms with E-state index in [0.717, 1.165) is 25.7 Å². The molecule has 0 aromatic rings. The van der Waals surface area contributed by atoms with E-state index >= 15 is 0 Å². The summed E-state index contributed by atoms with van der Waals surface area (Å²) in [4.78, 5) is 9.94. The number of hydrogen-bond donors (Lipinski definition) is 1. The molecule has 0 amide bonds. The van der Waals surface area contributed by atoms with E-state index in [2.05, 4.69) is 11.7 Å². The quantitative estimate of drug-likeness (QED) is 0.304. The summed E-state index contributed by atoms with van der Waals surface area (Å²) in [5, 5.41) is 9.86. The van der Waals surface area contributed by atoms with Crippen LogP contribution in [0.4, 0.5) is 0 Å². The lowest BCUT2D eigenvalue weighted by Crippen LogP contribution is -2.05. The number of aliphatic hydroxyl groups is 1. The van der Waals surface area contributed by atoms with Crippen LogP contribution >= 0.6 is 0 Å². The van der Waals surface area contributed by atoms with E-state index in [1.807, 2.05) is 0 Å². The maximum Gasteiger partial charge on any atom is 0.293 e. The summed E-state index contributed by atoms with van der Waals surface area (Å²) in [6, 6.07) is 0. The van der Waals surface area contributed by atoms with Crippen molar-refractivity contribution in [3.63, 3.8) is 0 Å². The van der Waals surface area contributed by atoms with Gasteiger partial charge in [0.2, 0.25) is 0 Å². The van der Waals surface area contributed by atoms with E-state index in [0.29, 0.717) is 13.1 Å². The largest absolute Gasteiger partial charge is 0.468 e. The summed E-state index contributed by atoms with van der Waals surface area (Å²) in [5.74, 6) is 0. The van der Waals surface area contributed by atoms with Crippen LogP contribution < -0.4 is 0 Å². The Kier molecular flexibility index (Phi) is 17.0. The average Bonchev–Trinajstić information content (AvgIpc) is 2.49. The predicted molar refractivity (Wildman–Crippen MR) is 88.3 cm³/mol. The molecule has 3 nitrogen and oxygen atoms in total. The van der Waals surface area contributed by atoms with Gasteiger partial charge in [0.25, 0.3) is 6.47 Å². The molecule has 0 spiro atoms. The number of unbranched alkanes of at least 4 members (excludes halogenated alkanes) is 10. The molecule has 0 rings (SSSR count). The van der Waals surface area contributed by atoms with Crippen molar-refractivity contribution >= 4 is 6.47 Å². The van der Waals surface area contributed by atoms with Crippen LogP contribution in [0.25, 0.3) is 0 Å². The third-order valence-corrected chi connectivity index (χ3v) is 4.01. The first-order valence-electron chi connectivity index (χ1n) is 9.04. The zero-order valence-corrected chi connectivity index (χ0v) is 14.0. The lowest BCUT2D eigenvalue weighted by molar-refractivity contribution is -0.128. The van der Waals surface area contributed by atoms with Gasteiger partial charge >= 0.3 is 0 Å². The highest BCUT2D eigenvalue weighted by Crippen LogP contribution is 2.13.